The van der Waals surface area contributed by atoms with E-state index in [1.54, 1.807) is 11.3 Å². The fraction of sp³-hybridized carbons (Fsp3) is 0.111. The van der Waals surface area contributed by atoms with Gasteiger partial charge in [-0.25, -0.2) is 4.98 Å². The molecule has 0 aliphatic rings. The molecule has 3 rings (SSSR count). The average molecular weight is 221 g/mol. The molecule has 0 fully saturated rings. The molecule has 0 bridgehead atoms. The van der Waals surface area contributed by atoms with Gasteiger partial charge in [0.05, 0.1) is 26.3 Å². The van der Waals surface area contributed by atoms with E-state index in [2.05, 4.69) is 21.0 Å². The normalized spacial score (nSPS) is 11.5. The summed E-state index contributed by atoms with van der Waals surface area (Å²) < 4.78 is 1.86. The number of aromatic amines is 2. The van der Waals surface area contributed by atoms with Crippen molar-refractivity contribution >= 4 is 44.8 Å². The number of hydrogen-bond acceptors (Lipinski definition) is 3. The number of thiazole rings is 1. The highest BCUT2D eigenvalue weighted by Crippen LogP contribution is 2.25. The van der Waals surface area contributed by atoms with Crippen LogP contribution in [0.1, 0.15) is 5.01 Å². The number of hydrogen-bond donors (Lipinski definition) is 2. The van der Waals surface area contributed by atoms with Crippen LogP contribution in [0.4, 0.5) is 0 Å². The minimum atomic E-state index is 0.661. The SMILES string of the molecule is Cc1nc2cc3[nH]c(=S)[nH]c3cc2s1. The lowest BCUT2D eigenvalue weighted by Crippen LogP contribution is -1.71. The van der Waals surface area contributed by atoms with Crippen molar-refractivity contribution in [2.75, 3.05) is 0 Å². The van der Waals surface area contributed by atoms with Crippen LogP contribution in [0.3, 0.4) is 0 Å². The molecule has 70 valence electrons. The van der Waals surface area contributed by atoms with Crippen LogP contribution in [0, 0.1) is 11.7 Å². The molecule has 0 unspecified atom stereocenters. The van der Waals surface area contributed by atoms with E-state index < -0.39 is 0 Å². The second-order valence-corrected chi connectivity index (χ2v) is 4.82. The standard InChI is InChI=1S/C9H7N3S2/c1-4-10-7-2-5-6(3-8(7)14-4)12-9(13)11-5/h2-3H,1H3,(H2,11,12,13). The van der Waals surface area contributed by atoms with Gasteiger partial charge in [0, 0.05) is 0 Å². The lowest BCUT2D eigenvalue weighted by Gasteiger charge is -1.88. The van der Waals surface area contributed by atoms with Gasteiger partial charge in [-0.2, -0.15) is 0 Å². The van der Waals surface area contributed by atoms with Crippen LogP contribution in [0.2, 0.25) is 0 Å². The highest BCUT2D eigenvalue weighted by molar-refractivity contribution is 7.71. The summed E-state index contributed by atoms with van der Waals surface area (Å²) in [6.45, 7) is 2.02. The summed E-state index contributed by atoms with van der Waals surface area (Å²) >= 11 is 6.72. The summed E-state index contributed by atoms with van der Waals surface area (Å²) in [5.74, 6) is 0. The van der Waals surface area contributed by atoms with Crippen LogP contribution in [0.25, 0.3) is 21.3 Å². The first-order chi connectivity index (χ1) is 6.72. The van der Waals surface area contributed by atoms with Gasteiger partial charge in [0.25, 0.3) is 0 Å². The first kappa shape index (κ1) is 8.14. The molecule has 2 heterocycles. The Kier molecular flexibility index (Phi) is 1.54. The summed E-state index contributed by atoms with van der Waals surface area (Å²) in [6, 6.07) is 4.11. The zero-order valence-corrected chi connectivity index (χ0v) is 9.05. The first-order valence-corrected chi connectivity index (χ1v) is 5.44. The van der Waals surface area contributed by atoms with Crippen LogP contribution in [-0.4, -0.2) is 15.0 Å². The summed E-state index contributed by atoms with van der Waals surface area (Å²) in [6.07, 6.45) is 0. The third-order valence-corrected chi connectivity index (χ3v) is 3.27. The lowest BCUT2D eigenvalue weighted by molar-refractivity contribution is 1.30. The lowest BCUT2D eigenvalue weighted by atomic mass is 10.3. The molecule has 1 aromatic carbocycles. The van der Waals surface area contributed by atoms with Gasteiger partial charge >= 0.3 is 0 Å². The third-order valence-electron chi connectivity index (χ3n) is 2.13. The van der Waals surface area contributed by atoms with Crippen molar-refractivity contribution in [3.8, 4) is 0 Å². The Morgan fingerprint density at radius 3 is 2.79 bits per heavy atom. The van der Waals surface area contributed by atoms with Crippen molar-refractivity contribution in [1.29, 1.82) is 0 Å². The summed E-state index contributed by atoms with van der Waals surface area (Å²) in [5, 5.41) is 1.09. The van der Waals surface area contributed by atoms with Gasteiger partial charge in [-0.05, 0) is 31.3 Å². The van der Waals surface area contributed by atoms with E-state index in [4.69, 9.17) is 12.2 Å². The number of nitrogens with one attached hydrogen (secondary N) is 2. The smallest absolute Gasteiger partial charge is 0.175 e. The van der Waals surface area contributed by atoms with E-state index in [0.29, 0.717) is 4.77 Å². The molecule has 14 heavy (non-hydrogen) atoms. The van der Waals surface area contributed by atoms with Crippen molar-refractivity contribution in [3.05, 3.63) is 21.9 Å². The minimum absolute atomic E-state index is 0.661. The van der Waals surface area contributed by atoms with Crippen molar-refractivity contribution in [3.63, 3.8) is 0 Å². The molecular weight excluding hydrogens is 214 g/mol. The minimum Gasteiger partial charge on any atom is -0.331 e. The topological polar surface area (TPSA) is 44.5 Å². The molecule has 0 radical (unpaired) electrons. The number of benzene rings is 1. The molecule has 0 saturated carbocycles. The van der Waals surface area contributed by atoms with E-state index in [9.17, 15) is 0 Å². The maximum absolute atomic E-state index is 5.02. The van der Waals surface area contributed by atoms with Crippen molar-refractivity contribution in [2.45, 2.75) is 6.92 Å². The van der Waals surface area contributed by atoms with Gasteiger partial charge in [-0.15, -0.1) is 11.3 Å². The van der Waals surface area contributed by atoms with Crippen LogP contribution < -0.4 is 0 Å². The number of aromatic nitrogens is 3. The van der Waals surface area contributed by atoms with E-state index in [-0.39, 0.29) is 0 Å². The van der Waals surface area contributed by atoms with Crippen LogP contribution >= 0.6 is 23.6 Å². The molecule has 0 aliphatic heterocycles. The zero-order chi connectivity index (χ0) is 9.71. The molecule has 3 nitrogen and oxygen atoms in total. The maximum Gasteiger partial charge on any atom is 0.175 e. The quantitative estimate of drug-likeness (QED) is 0.573. The summed E-state index contributed by atoms with van der Waals surface area (Å²) in [7, 11) is 0. The van der Waals surface area contributed by atoms with Gasteiger partial charge in [0.2, 0.25) is 0 Å². The molecule has 0 atom stereocenters. The number of H-pyrrole nitrogens is 2. The molecule has 0 amide bonds. The Labute approximate surface area is 88.8 Å². The van der Waals surface area contributed by atoms with Crippen LogP contribution in [-0.2, 0) is 0 Å². The predicted molar refractivity (Wildman–Crippen MR) is 61.4 cm³/mol. The monoisotopic (exact) mass is 221 g/mol. The van der Waals surface area contributed by atoms with Gasteiger partial charge in [0.1, 0.15) is 0 Å². The molecular formula is C9H7N3S2. The molecule has 0 saturated heterocycles. The number of aryl methyl sites for hydroxylation is 1. The molecule has 0 aliphatic carbocycles. The highest BCUT2D eigenvalue weighted by Gasteiger charge is 2.03. The third kappa shape index (κ3) is 1.09. The summed E-state index contributed by atoms with van der Waals surface area (Å²) in [4.78, 5) is 10.6. The van der Waals surface area contributed by atoms with Crippen molar-refractivity contribution in [2.24, 2.45) is 0 Å². The van der Waals surface area contributed by atoms with E-state index in [1.807, 2.05) is 13.0 Å². The Bertz CT molecular complexity index is 620. The van der Waals surface area contributed by atoms with Crippen molar-refractivity contribution in [1.82, 2.24) is 15.0 Å². The Hall–Kier alpha value is -1.20. The fourth-order valence-electron chi connectivity index (χ4n) is 1.57. The Morgan fingerprint density at radius 2 is 2.00 bits per heavy atom. The van der Waals surface area contributed by atoms with Crippen molar-refractivity contribution < 1.29 is 0 Å². The average Bonchev–Trinajstić information content (AvgIpc) is 2.59. The second kappa shape index (κ2) is 2.65. The van der Waals surface area contributed by atoms with Gasteiger partial charge in [0.15, 0.2) is 4.77 Å². The van der Waals surface area contributed by atoms with E-state index >= 15 is 0 Å². The second-order valence-electron chi connectivity index (χ2n) is 3.18. The molecule has 5 heteroatoms. The largest absolute Gasteiger partial charge is 0.331 e. The molecule has 3 aromatic rings. The van der Waals surface area contributed by atoms with Gasteiger partial charge < -0.3 is 9.97 Å². The molecule has 2 N–H and O–H groups in total. The molecule has 0 spiro atoms. The van der Waals surface area contributed by atoms with Crippen LogP contribution in [0.15, 0.2) is 12.1 Å². The fourth-order valence-corrected chi connectivity index (χ4v) is 2.64. The number of imidazole rings is 1. The Balaban J connectivity index is 2.55. The highest BCUT2D eigenvalue weighted by atomic mass is 32.1. The van der Waals surface area contributed by atoms with Gasteiger partial charge in [-0.3, -0.25) is 0 Å². The number of rotatable bonds is 0. The van der Waals surface area contributed by atoms with E-state index in [0.717, 1.165) is 21.6 Å². The predicted octanol–water partition coefficient (Wildman–Crippen LogP) is 3.14. The van der Waals surface area contributed by atoms with E-state index in [1.165, 1.54) is 4.70 Å². The first-order valence-electron chi connectivity index (χ1n) is 4.21. The number of nitrogens with zero attached hydrogens (tertiary/aromatic N) is 1. The maximum atomic E-state index is 5.02. The van der Waals surface area contributed by atoms with Crippen LogP contribution in [0.5, 0.6) is 0 Å². The zero-order valence-electron chi connectivity index (χ0n) is 7.42. The Morgan fingerprint density at radius 1 is 1.29 bits per heavy atom. The van der Waals surface area contributed by atoms with Gasteiger partial charge in [-0.1, -0.05) is 0 Å². The molecule has 2 aromatic heterocycles. The summed E-state index contributed by atoms with van der Waals surface area (Å²) in [5.41, 5.74) is 3.10. The number of fused-ring (bicyclic) bond motifs is 2.